The van der Waals surface area contributed by atoms with E-state index in [1.807, 2.05) is 6.92 Å². The van der Waals surface area contributed by atoms with Crippen molar-refractivity contribution in [2.45, 2.75) is 77.4 Å². The molecule has 5 unspecified atom stereocenters. The molecule has 0 amide bonds. The smallest absolute Gasteiger partial charge is 0.0723 e. The van der Waals surface area contributed by atoms with E-state index in [1.54, 1.807) is 5.57 Å². The summed E-state index contributed by atoms with van der Waals surface area (Å²) in [7, 11) is 0. The molecule has 0 aromatic carbocycles. The number of fused-ring (bicyclic) bond motifs is 5. The summed E-state index contributed by atoms with van der Waals surface area (Å²) in [5.41, 5.74) is 1.96. The SMILES string of the molecule is CC(O)[C@@H]1CCC2C3CCC4=CC(O)CC[C@H]4C3CC[C@]21C. The van der Waals surface area contributed by atoms with Gasteiger partial charge in [0, 0.05) is 0 Å². The van der Waals surface area contributed by atoms with Crippen LogP contribution < -0.4 is 0 Å². The van der Waals surface area contributed by atoms with E-state index in [2.05, 4.69) is 13.0 Å². The van der Waals surface area contributed by atoms with E-state index in [-0.39, 0.29) is 12.2 Å². The Labute approximate surface area is 135 Å². The van der Waals surface area contributed by atoms with Gasteiger partial charge in [-0.25, -0.2) is 0 Å². The van der Waals surface area contributed by atoms with Crippen molar-refractivity contribution < 1.29 is 10.2 Å². The van der Waals surface area contributed by atoms with E-state index in [4.69, 9.17) is 0 Å². The zero-order chi connectivity index (χ0) is 15.5. The number of hydrogen-bond donors (Lipinski definition) is 2. The Morgan fingerprint density at radius 3 is 2.68 bits per heavy atom. The highest BCUT2D eigenvalue weighted by Crippen LogP contribution is 2.64. The van der Waals surface area contributed by atoms with Crippen LogP contribution >= 0.6 is 0 Å². The van der Waals surface area contributed by atoms with Crippen LogP contribution in [0.4, 0.5) is 0 Å². The largest absolute Gasteiger partial charge is 0.393 e. The summed E-state index contributed by atoms with van der Waals surface area (Å²) in [6, 6.07) is 0. The predicted molar refractivity (Wildman–Crippen MR) is 88.3 cm³/mol. The minimum Gasteiger partial charge on any atom is -0.393 e. The number of aliphatic hydroxyl groups excluding tert-OH is 2. The molecule has 0 aromatic heterocycles. The topological polar surface area (TPSA) is 40.5 Å². The van der Waals surface area contributed by atoms with Crippen molar-refractivity contribution in [3.63, 3.8) is 0 Å². The Bertz CT molecular complexity index is 468. The summed E-state index contributed by atoms with van der Waals surface area (Å²) < 4.78 is 0. The quantitative estimate of drug-likeness (QED) is 0.721. The third kappa shape index (κ3) is 2.13. The van der Waals surface area contributed by atoms with Crippen LogP contribution in [0.25, 0.3) is 0 Å². The molecule has 0 saturated heterocycles. The van der Waals surface area contributed by atoms with E-state index < -0.39 is 0 Å². The molecule has 0 aromatic rings. The molecule has 3 saturated carbocycles. The van der Waals surface area contributed by atoms with Crippen LogP contribution in [0.15, 0.2) is 11.6 Å². The number of hydrogen-bond acceptors (Lipinski definition) is 2. The van der Waals surface area contributed by atoms with Gasteiger partial charge >= 0.3 is 0 Å². The number of allylic oxidation sites excluding steroid dienone is 1. The van der Waals surface area contributed by atoms with Gasteiger partial charge in [0.1, 0.15) is 0 Å². The van der Waals surface area contributed by atoms with Gasteiger partial charge in [-0.3, -0.25) is 0 Å². The fourth-order valence-electron chi connectivity index (χ4n) is 7.15. The molecule has 124 valence electrons. The Balaban J connectivity index is 1.59. The second kappa shape index (κ2) is 5.34. The van der Waals surface area contributed by atoms with E-state index in [1.165, 1.54) is 44.9 Å². The predicted octanol–water partition coefficient (Wildman–Crippen LogP) is 3.92. The summed E-state index contributed by atoms with van der Waals surface area (Å²) in [5, 5.41) is 20.2. The lowest BCUT2D eigenvalue weighted by Crippen LogP contribution is -2.47. The normalized spacial score (nSPS) is 52.3. The Kier molecular flexibility index (Phi) is 3.69. The maximum atomic E-state index is 10.2. The van der Waals surface area contributed by atoms with Gasteiger partial charge in [0.15, 0.2) is 0 Å². The molecule has 2 heteroatoms. The summed E-state index contributed by atoms with van der Waals surface area (Å²) in [4.78, 5) is 0. The van der Waals surface area contributed by atoms with Gasteiger partial charge < -0.3 is 10.2 Å². The van der Waals surface area contributed by atoms with Crippen LogP contribution in [0.5, 0.6) is 0 Å². The molecule has 0 aliphatic heterocycles. The second-order valence-corrected chi connectivity index (χ2v) is 8.93. The molecule has 0 spiro atoms. The Hall–Kier alpha value is -0.340. The maximum Gasteiger partial charge on any atom is 0.0723 e. The third-order valence-electron chi connectivity index (χ3n) is 8.09. The average Bonchev–Trinajstić information content (AvgIpc) is 2.84. The van der Waals surface area contributed by atoms with Crippen molar-refractivity contribution in [2.75, 3.05) is 0 Å². The van der Waals surface area contributed by atoms with Gasteiger partial charge in [-0.15, -0.1) is 0 Å². The minimum absolute atomic E-state index is 0.143. The Morgan fingerprint density at radius 1 is 1.09 bits per heavy atom. The van der Waals surface area contributed by atoms with Crippen LogP contribution in [0, 0.1) is 35.0 Å². The molecule has 2 nitrogen and oxygen atoms in total. The van der Waals surface area contributed by atoms with Crippen molar-refractivity contribution in [3.05, 3.63) is 11.6 Å². The zero-order valence-electron chi connectivity index (χ0n) is 14.2. The highest BCUT2D eigenvalue weighted by atomic mass is 16.3. The Morgan fingerprint density at radius 2 is 1.91 bits per heavy atom. The van der Waals surface area contributed by atoms with Crippen LogP contribution in [-0.2, 0) is 0 Å². The first-order valence-corrected chi connectivity index (χ1v) is 9.57. The van der Waals surface area contributed by atoms with Gasteiger partial charge in [-0.2, -0.15) is 0 Å². The van der Waals surface area contributed by atoms with Gasteiger partial charge in [0.05, 0.1) is 12.2 Å². The molecule has 4 aliphatic carbocycles. The standard InChI is InChI=1S/C20H32O2/c1-12(21)18-7-8-19-17-5-3-13-11-14(22)4-6-15(13)16(17)9-10-20(18,19)2/h11-12,14-19,21-22H,3-10H2,1-2H3/t12?,14?,15-,16?,17?,18+,19?,20+/m1/s1. The molecule has 8 atom stereocenters. The molecular formula is C20H32O2. The third-order valence-corrected chi connectivity index (χ3v) is 8.09. The van der Waals surface area contributed by atoms with Gasteiger partial charge in [0.25, 0.3) is 0 Å². The molecule has 0 bridgehead atoms. The van der Waals surface area contributed by atoms with Crippen molar-refractivity contribution in [3.8, 4) is 0 Å². The fraction of sp³-hybridized carbons (Fsp3) is 0.900. The lowest BCUT2D eigenvalue weighted by atomic mass is 9.51. The molecule has 4 aliphatic rings. The van der Waals surface area contributed by atoms with Crippen LogP contribution in [0.2, 0.25) is 0 Å². The summed E-state index contributed by atoms with van der Waals surface area (Å²) in [6.07, 6.45) is 11.8. The van der Waals surface area contributed by atoms with E-state index >= 15 is 0 Å². The van der Waals surface area contributed by atoms with Crippen molar-refractivity contribution in [1.82, 2.24) is 0 Å². The molecule has 4 rings (SSSR count). The molecule has 2 N–H and O–H groups in total. The second-order valence-electron chi connectivity index (χ2n) is 8.93. The summed E-state index contributed by atoms with van der Waals surface area (Å²) >= 11 is 0. The van der Waals surface area contributed by atoms with Crippen molar-refractivity contribution in [2.24, 2.45) is 35.0 Å². The first-order chi connectivity index (χ1) is 10.5. The van der Waals surface area contributed by atoms with Crippen LogP contribution in [0.3, 0.4) is 0 Å². The lowest BCUT2D eigenvalue weighted by Gasteiger charge is -2.54. The van der Waals surface area contributed by atoms with Crippen molar-refractivity contribution >= 4 is 0 Å². The number of aliphatic hydroxyl groups is 2. The number of rotatable bonds is 1. The van der Waals surface area contributed by atoms with Gasteiger partial charge in [-0.05, 0) is 93.3 Å². The first kappa shape index (κ1) is 15.2. The molecule has 0 heterocycles. The maximum absolute atomic E-state index is 10.2. The summed E-state index contributed by atoms with van der Waals surface area (Å²) in [6.45, 7) is 4.49. The fourth-order valence-corrected chi connectivity index (χ4v) is 7.15. The average molecular weight is 304 g/mol. The molecule has 3 fully saturated rings. The van der Waals surface area contributed by atoms with E-state index in [0.717, 1.165) is 30.1 Å². The summed E-state index contributed by atoms with van der Waals surface area (Å²) in [5.74, 6) is 3.85. The van der Waals surface area contributed by atoms with Gasteiger partial charge in [-0.1, -0.05) is 18.6 Å². The molecular weight excluding hydrogens is 272 g/mol. The highest BCUT2D eigenvalue weighted by Gasteiger charge is 2.56. The van der Waals surface area contributed by atoms with E-state index in [0.29, 0.717) is 11.3 Å². The highest BCUT2D eigenvalue weighted by molar-refractivity contribution is 5.20. The lowest BCUT2D eigenvalue weighted by molar-refractivity contribution is -0.0505. The van der Waals surface area contributed by atoms with Crippen molar-refractivity contribution in [1.29, 1.82) is 0 Å². The van der Waals surface area contributed by atoms with E-state index in [9.17, 15) is 10.2 Å². The molecule has 22 heavy (non-hydrogen) atoms. The monoisotopic (exact) mass is 304 g/mol. The van der Waals surface area contributed by atoms with Crippen LogP contribution in [-0.4, -0.2) is 22.4 Å². The molecule has 0 radical (unpaired) electrons. The first-order valence-electron chi connectivity index (χ1n) is 9.57. The minimum atomic E-state index is -0.178. The van der Waals surface area contributed by atoms with Gasteiger partial charge in [0.2, 0.25) is 0 Å². The zero-order valence-corrected chi connectivity index (χ0v) is 14.2. The van der Waals surface area contributed by atoms with Crippen LogP contribution in [0.1, 0.15) is 65.2 Å².